The minimum absolute atomic E-state index is 0. The van der Waals surface area contributed by atoms with Crippen molar-refractivity contribution < 1.29 is 42.1 Å². The molecule has 0 atom stereocenters. The zero-order valence-electron chi connectivity index (χ0n) is 9.09. The van der Waals surface area contributed by atoms with E-state index in [0.29, 0.717) is 0 Å². The quantitative estimate of drug-likeness (QED) is 0.259. The number of hydrogen-bond acceptors (Lipinski definition) is 0. The molecule has 0 N–H and O–H groups in total. The number of hydrogen-bond donors (Lipinski definition) is 0. The molecule has 0 saturated carbocycles. The molecule has 1 aliphatic heterocycles. The van der Waals surface area contributed by atoms with Crippen molar-refractivity contribution in [3.63, 3.8) is 0 Å². The van der Waals surface area contributed by atoms with Gasteiger partial charge < -0.3 is 0 Å². The van der Waals surface area contributed by atoms with Crippen molar-refractivity contribution in [2.75, 3.05) is 0 Å². The second-order valence-corrected chi connectivity index (χ2v) is 89.6. The second-order valence-electron chi connectivity index (χ2n) is 2.55. The molecule has 0 aliphatic carbocycles. The summed E-state index contributed by atoms with van der Waals surface area (Å²) in [6.45, 7) is 0. The fourth-order valence-corrected chi connectivity index (χ4v) is 593. The van der Waals surface area contributed by atoms with Crippen LogP contribution in [0.15, 0.2) is 60.7 Å². The molecule has 3 rings (SSSR count). The van der Waals surface area contributed by atoms with Crippen LogP contribution in [0.5, 0.6) is 0 Å². The Morgan fingerprint density at radius 3 is 0.824 bits per heavy atom. The van der Waals surface area contributed by atoms with Gasteiger partial charge >= 0.3 is 58.1 Å². The maximum Gasteiger partial charge on any atom is 0 e. The molecule has 2 aromatic carbocycles. The maximum atomic E-state index is 2.00. The summed E-state index contributed by atoms with van der Waals surface area (Å²) >= 11 is 5.00. The first-order valence-electron chi connectivity index (χ1n) is 4.58. The van der Waals surface area contributed by atoms with Crippen LogP contribution in [0.2, 0.25) is 0 Å². The molecule has 94 valence electrons. The van der Waals surface area contributed by atoms with Gasteiger partial charge in [0.1, 0.15) is 0 Å². The standard InChI is InChI=1S/2C5H5.As5H5.2Mo/c3*1-2-4-5-3-1;;/h3*1-5H;;/q2*-1;;;. The topological polar surface area (TPSA) is 0 Å². The predicted octanol–water partition coefficient (Wildman–Crippen LogP) is -0.437. The normalized spacial score (nSPS) is 18.8. The number of rotatable bonds is 0. The zero-order valence-corrected chi connectivity index (χ0v) is 23.6. The van der Waals surface area contributed by atoms with Crippen molar-refractivity contribution >= 4 is 58.1 Å². The van der Waals surface area contributed by atoms with Crippen molar-refractivity contribution in [1.29, 1.82) is 0 Å². The van der Waals surface area contributed by atoms with E-state index in [1.807, 2.05) is 60.7 Å². The first-order chi connectivity index (χ1) is 7.50. The molecule has 0 radical (unpaired) electrons. The van der Waals surface area contributed by atoms with Crippen molar-refractivity contribution in [3.8, 4) is 0 Å². The van der Waals surface area contributed by atoms with Crippen LogP contribution in [0.3, 0.4) is 0 Å². The van der Waals surface area contributed by atoms with Gasteiger partial charge in [-0.05, 0) is 0 Å². The molecular formula is C10H15As5Mo2-2. The van der Waals surface area contributed by atoms with Crippen LogP contribution in [0, 0.1) is 0 Å². The molecular weight excluding hydrogens is 687 g/mol. The van der Waals surface area contributed by atoms with Gasteiger partial charge in [-0.25, -0.2) is 24.3 Å². The molecule has 1 aliphatic rings. The largest absolute Gasteiger partial charge is 0.214 e. The first kappa shape index (κ1) is 22.2. The van der Waals surface area contributed by atoms with Gasteiger partial charge in [-0.15, -0.1) is 0 Å². The predicted molar refractivity (Wildman–Crippen MR) is 79.8 cm³/mol. The average molecular weight is 702 g/mol. The van der Waals surface area contributed by atoms with E-state index in [4.69, 9.17) is 0 Å². The van der Waals surface area contributed by atoms with Crippen LogP contribution in [0.4, 0.5) is 0 Å². The molecule has 0 bridgehead atoms. The van der Waals surface area contributed by atoms with E-state index in [9.17, 15) is 0 Å². The van der Waals surface area contributed by atoms with E-state index >= 15 is 0 Å². The Morgan fingerprint density at radius 2 is 0.706 bits per heavy atom. The minimum Gasteiger partial charge on any atom is -0.214 e. The van der Waals surface area contributed by atoms with Gasteiger partial charge in [0.2, 0.25) is 0 Å². The summed E-state index contributed by atoms with van der Waals surface area (Å²) in [7, 11) is 0. The molecule has 7 heteroatoms. The van der Waals surface area contributed by atoms with Crippen molar-refractivity contribution in [2.24, 2.45) is 0 Å². The Kier molecular flexibility index (Phi) is 24.6. The molecule has 1 fully saturated rings. The van der Waals surface area contributed by atoms with E-state index in [1.54, 1.807) is 0 Å². The van der Waals surface area contributed by atoms with Gasteiger partial charge in [-0.3, -0.25) is 0 Å². The molecule has 1 heterocycles. The third-order valence-electron chi connectivity index (χ3n) is 1.42. The van der Waals surface area contributed by atoms with Crippen molar-refractivity contribution in [2.45, 2.75) is 0 Å². The van der Waals surface area contributed by atoms with Crippen LogP contribution in [0.25, 0.3) is 0 Å². The first-order valence-corrected chi connectivity index (χ1v) is 37.1. The summed E-state index contributed by atoms with van der Waals surface area (Å²) in [6, 6.07) is 20.0. The Morgan fingerprint density at radius 1 is 0.471 bits per heavy atom. The molecule has 0 unspecified atom stereocenters. The average Bonchev–Trinajstić information content (AvgIpc) is 3.09. The van der Waals surface area contributed by atoms with E-state index < -0.39 is 0 Å². The minimum atomic E-state index is 0. The van der Waals surface area contributed by atoms with Crippen molar-refractivity contribution in [1.82, 2.24) is 0 Å². The maximum absolute atomic E-state index is 2.00. The Balaban J connectivity index is 0. The molecule has 0 nitrogen and oxygen atoms in total. The van der Waals surface area contributed by atoms with Gasteiger partial charge in [-0.1, -0.05) is 0 Å². The Bertz CT molecular complexity index is 213. The van der Waals surface area contributed by atoms with Crippen LogP contribution in [0.1, 0.15) is 0 Å². The van der Waals surface area contributed by atoms with E-state index in [1.165, 1.54) is 0 Å². The van der Waals surface area contributed by atoms with Crippen LogP contribution < -0.4 is 0 Å². The summed E-state index contributed by atoms with van der Waals surface area (Å²) in [4.78, 5) is 0. The van der Waals surface area contributed by atoms with Crippen LogP contribution in [-0.4, -0.2) is 58.1 Å². The zero-order chi connectivity index (χ0) is 10.6. The van der Waals surface area contributed by atoms with E-state index in [2.05, 4.69) is 0 Å². The third kappa shape index (κ3) is 16.8. The molecule has 0 spiro atoms. The summed E-state index contributed by atoms with van der Waals surface area (Å²) in [5, 5.41) is 0. The molecule has 2 aromatic rings. The smallest absolute Gasteiger partial charge is 0 e. The monoisotopic (exact) mass is 706 g/mol. The fraction of sp³-hybridized carbons (Fsp3) is 0. The molecule has 0 aromatic heterocycles. The van der Waals surface area contributed by atoms with Crippen LogP contribution in [-0.2, 0) is 42.1 Å². The second kappa shape index (κ2) is 18.9. The Hall–Kier alpha value is 2.87. The van der Waals surface area contributed by atoms with Gasteiger partial charge in [0.05, 0.1) is 0 Å². The SMILES string of the molecule is [AsH]1[AsH][AsH][AsH][AsH]1.[Mo].[Mo].c1cc[cH-]c1.c1cc[cH-]c1. The molecule has 1 saturated heterocycles. The molecule has 17 heavy (non-hydrogen) atoms. The summed E-state index contributed by atoms with van der Waals surface area (Å²) in [6.07, 6.45) is 0. The fourth-order valence-electron chi connectivity index (χ4n) is 0.798. The summed E-state index contributed by atoms with van der Waals surface area (Å²) in [5.74, 6) is 0. The summed E-state index contributed by atoms with van der Waals surface area (Å²) < 4.78 is 0. The van der Waals surface area contributed by atoms with E-state index in [0.717, 1.165) is 58.1 Å². The van der Waals surface area contributed by atoms with Gasteiger partial charge in [0.25, 0.3) is 0 Å². The van der Waals surface area contributed by atoms with Gasteiger partial charge in [-0.2, -0.15) is 36.4 Å². The van der Waals surface area contributed by atoms with Gasteiger partial charge in [0.15, 0.2) is 0 Å². The third-order valence-corrected chi connectivity index (χ3v) is 229. The molecule has 0 amide bonds. The van der Waals surface area contributed by atoms with E-state index in [-0.39, 0.29) is 42.1 Å². The van der Waals surface area contributed by atoms with Crippen LogP contribution >= 0.6 is 0 Å². The van der Waals surface area contributed by atoms with Crippen molar-refractivity contribution in [3.05, 3.63) is 60.7 Å². The Labute approximate surface area is 158 Å². The summed E-state index contributed by atoms with van der Waals surface area (Å²) in [5.41, 5.74) is 0. The van der Waals surface area contributed by atoms with Gasteiger partial charge in [0, 0.05) is 42.1 Å².